The average Bonchev–Trinajstić information content (AvgIpc) is 2.39. The summed E-state index contributed by atoms with van der Waals surface area (Å²) in [5.41, 5.74) is 2.35. The van der Waals surface area contributed by atoms with E-state index in [0.29, 0.717) is 5.41 Å². The highest BCUT2D eigenvalue weighted by atomic mass is 35.5. The zero-order valence-corrected chi connectivity index (χ0v) is 9.06. The first-order chi connectivity index (χ1) is 6.26. The SMILES string of the molecule is CC1CC2(CCC2)CN1C/C=C/Cl. The molecule has 1 heterocycles. The zero-order valence-electron chi connectivity index (χ0n) is 8.30. The molecule has 0 aromatic heterocycles. The number of halogens is 1. The Hall–Kier alpha value is -0.0100. The molecular formula is C11H18ClN. The van der Waals surface area contributed by atoms with Gasteiger partial charge in [-0.25, -0.2) is 0 Å². The van der Waals surface area contributed by atoms with Crippen LogP contribution in [0.5, 0.6) is 0 Å². The molecule has 2 fully saturated rings. The largest absolute Gasteiger partial charge is 0.296 e. The first-order valence-corrected chi connectivity index (χ1v) is 5.69. The molecule has 2 rings (SSSR count). The van der Waals surface area contributed by atoms with Crippen LogP contribution in [0.15, 0.2) is 11.6 Å². The maximum atomic E-state index is 5.54. The molecule has 1 saturated carbocycles. The van der Waals surface area contributed by atoms with Gasteiger partial charge in [-0.15, -0.1) is 0 Å². The molecule has 1 nitrogen and oxygen atoms in total. The van der Waals surface area contributed by atoms with E-state index >= 15 is 0 Å². The smallest absolute Gasteiger partial charge is 0.0177 e. The number of hydrogen-bond acceptors (Lipinski definition) is 1. The fraction of sp³-hybridized carbons (Fsp3) is 0.818. The van der Waals surface area contributed by atoms with Gasteiger partial charge in [0.1, 0.15) is 0 Å². The van der Waals surface area contributed by atoms with Crippen LogP contribution in [-0.4, -0.2) is 24.0 Å². The van der Waals surface area contributed by atoms with Gasteiger partial charge >= 0.3 is 0 Å². The summed E-state index contributed by atoms with van der Waals surface area (Å²) < 4.78 is 0. The van der Waals surface area contributed by atoms with E-state index in [1.54, 1.807) is 5.54 Å². The van der Waals surface area contributed by atoms with Crippen molar-refractivity contribution >= 4 is 11.6 Å². The second-order valence-corrected chi connectivity index (χ2v) is 4.95. The predicted molar refractivity (Wildman–Crippen MR) is 56.9 cm³/mol. The highest BCUT2D eigenvalue weighted by Gasteiger charge is 2.45. The minimum Gasteiger partial charge on any atom is -0.296 e. The Balaban J connectivity index is 1.91. The summed E-state index contributed by atoms with van der Waals surface area (Å²) in [4.78, 5) is 2.55. The van der Waals surface area contributed by atoms with Crippen molar-refractivity contribution in [1.82, 2.24) is 4.90 Å². The average molecular weight is 200 g/mol. The summed E-state index contributed by atoms with van der Waals surface area (Å²) in [5, 5.41) is 0. The monoisotopic (exact) mass is 199 g/mol. The maximum absolute atomic E-state index is 5.54. The third-order valence-electron chi connectivity index (χ3n) is 3.73. The molecule has 74 valence electrons. The molecule has 1 aliphatic carbocycles. The van der Waals surface area contributed by atoms with Gasteiger partial charge in [-0.1, -0.05) is 24.1 Å². The van der Waals surface area contributed by atoms with Crippen LogP contribution in [0, 0.1) is 5.41 Å². The number of nitrogens with zero attached hydrogens (tertiary/aromatic N) is 1. The minimum absolute atomic E-state index is 0.708. The van der Waals surface area contributed by atoms with Crippen LogP contribution in [-0.2, 0) is 0 Å². The summed E-state index contributed by atoms with van der Waals surface area (Å²) in [6, 6.07) is 0.758. The third kappa shape index (κ3) is 1.77. The van der Waals surface area contributed by atoms with Gasteiger partial charge in [-0.2, -0.15) is 0 Å². The van der Waals surface area contributed by atoms with Gasteiger partial charge in [-0.3, -0.25) is 4.90 Å². The van der Waals surface area contributed by atoms with Crippen LogP contribution in [0.25, 0.3) is 0 Å². The van der Waals surface area contributed by atoms with Gasteiger partial charge in [0.2, 0.25) is 0 Å². The Morgan fingerprint density at radius 1 is 1.54 bits per heavy atom. The summed E-state index contributed by atoms with van der Waals surface area (Å²) >= 11 is 5.54. The van der Waals surface area contributed by atoms with Crippen LogP contribution in [0.4, 0.5) is 0 Å². The summed E-state index contributed by atoms with van der Waals surface area (Å²) in [6.45, 7) is 4.68. The molecule has 1 spiro atoms. The van der Waals surface area contributed by atoms with E-state index in [9.17, 15) is 0 Å². The number of hydrogen-bond donors (Lipinski definition) is 0. The summed E-state index contributed by atoms with van der Waals surface area (Å²) in [5.74, 6) is 0. The van der Waals surface area contributed by atoms with E-state index < -0.39 is 0 Å². The lowest BCUT2D eigenvalue weighted by molar-refractivity contribution is 0.142. The maximum Gasteiger partial charge on any atom is 0.0177 e. The third-order valence-corrected chi connectivity index (χ3v) is 3.91. The van der Waals surface area contributed by atoms with Gasteiger partial charge in [0.15, 0.2) is 0 Å². The van der Waals surface area contributed by atoms with E-state index in [0.717, 1.165) is 12.6 Å². The molecule has 2 aliphatic rings. The van der Waals surface area contributed by atoms with Crippen molar-refractivity contribution in [3.63, 3.8) is 0 Å². The molecule has 13 heavy (non-hydrogen) atoms. The van der Waals surface area contributed by atoms with E-state index in [1.807, 2.05) is 0 Å². The molecule has 1 aliphatic heterocycles. The normalized spacial score (nSPS) is 32.9. The summed E-state index contributed by atoms with van der Waals surface area (Å²) in [7, 11) is 0. The molecule has 2 heteroatoms. The van der Waals surface area contributed by atoms with Gasteiger partial charge < -0.3 is 0 Å². The quantitative estimate of drug-likeness (QED) is 0.661. The van der Waals surface area contributed by atoms with E-state index in [4.69, 9.17) is 11.6 Å². The molecule has 0 aromatic rings. The highest BCUT2D eigenvalue weighted by Crippen LogP contribution is 2.49. The van der Waals surface area contributed by atoms with Crippen molar-refractivity contribution in [1.29, 1.82) is 0 Å². The Kier molecular flexibility index (Phi) is 2.66. The van der Waals surface area contributed by atoms with Gasteiger partial charge in [0, 0.05) is 24.7 Å². The van der Waals surface area contributed by atoms with Crippen LogP contribution >= 0.6 is 11.6 Å². The predicted octanol–water partition coefficient (Wildman–Crippen LogP) is 3.00. The molecule has 0 N–H and O–H groups in total. The van der Waals surface area contributed by atoms with Crippen molar-refractivity contribution in [2.24, 2.45) is 5.41 Å². The molecule has 1 unspecified atom stereocenters. The molecular weight excluding hydrogens is 182 g/mol. The van der Waals surface area contributed by atoms with Crippen LogP contribution in [0.3, 0.4) is 0 Å². The lowest BCUT2D eigenvalue weighted by atomic mass is 9.68. The second-order valence-electron chi connectivity index (χ2n) is 4.70. The molecule has 1 atom stereocenters. The van der Waals surface area contributed by atoms with Crippen molar-refractivity contribution in [3.8, 4) is 0 Å². The number of rotatable bonds is 2. The minimum atomic E-state index is 0.708. The molecule has 0 aromatic carbocycles. The number of likely N-dealkylation sites (tertiary alicyclic amines) is 1. The van der Waals surface area contributed by atoms with E-state index in [1.165, 1.54) is 32.2 Å². The highest BCUT2D eigenvalue weighted by molar-refractivity contribution is 6.25. The van der Waals surface area contributed by atoms with E-state index in [-0.39, 0.29) is 0 Å². The zero-order chi connectivity index (χ0) is 9.31. The van der Waals surface area contributed by atoms with Crippen molar-refractivity contribution in [2.75, 3.05) is 13.1 Å². The van der Waals surface area contributed by atoms with Crippen LogP contribution < -0.4 is 0 Å². The molecule has 1 saturated heterocycles. The first kappa shape index (κ1) is 9.54. The standard InChI is InChI=1S/C11H18ClN/c1-10-8-11(4-2-5-11)9-13(10)7-3-6-12/h3,6,10H,2,4-5,7-9H2,1H3/b6-3+. The second kappa shape index (κ2) is 3.62. The Labute approximate surface area is 85.8 Å². The lowest BCUT2D eigenvalue weighted by Crippen LogP contribution is -2.33. The van der Waals surface area contributed by atoms with Crippen molar-refractivity contribution in [3.05, 3.63) is 11.6 Å². The van der Waals surface area contributed by atoms with Crippen LogP contribution in [0.2, 0.25) is 0 Å². The van der Waals surface area contributed by atoms with Gasteiger partial charge in [0.05, 0.1) is 0 Å². The molecule has 0 amide bonds. The molecule has 0 bridgehead atoms. The fourth-order valence-electron chi connectivity index (χ4n) is 2.87. The first-order valence-electron chi connectivity index (χ1n) is 5.25. The Morgan fingerprint density at radius 2 is 2.31 bits per heavy atom. The topological polar surface area (TPSA) is 3.24 Å². The Bertz CT molecular complexity index is 208. The summed E-state index contributed by atoms with van der Waals surface area (Å²) in [6.07, 6.45) is 7.82. The Morgan fingerprint density at radius 3 is 2.77 bits per heavy atom. The lowest BCUT2D eigenvalue weighted by Gasteiger charge is -2.38. The van der Waals surface area contributed by atoms with E-state index in [2.05, 4.69) is 17.9 Å². The van der Waals surface area contributed by atoms with Crippen LogP contribution in [0.1, 0.15) is 32.6 Å². The van der Waals surface area contributed by atoms with Gasteiger partial charge in [0.25, 0.3) is 0 Å². The molecule has 0 radical (unpaired) electrons. The van der Waals surface area contributed by atoms with Gasteiger partial charge in [-0.05, 0) is 31.6 Å². The fourth-order valence-corrected chi connectivity index (χ4v) is 2.95. The van der Waals surface area contributed by atoms with Crippen molar-refractivity contribution in [2.45, 2.75) is 38.6 Å². The van der Waals surface area contributed by atoms with Crippen molar-refractivity contribution < 1.29 is 0 Å².